The van der Waals surface area contributed by atoms with Crippen LogP contribution < -0.4 is 32.1 Å². The van der Waals surface area contributed by atoms with E-state index in [-0.39, 0.29) is 36.9 Å². The van der Waals surface area contributed by atoms with Crippen molar-refractivity contribution in [2.24, 2.45) is 17.8 Å². The van der Waals surface area contributed by atoms with Crippen LogP contribution in [0.3, 0.4) is 0 Å². The van der Waals surface area contributed by atoms with Crippen LogP contribution >= 0.6 is 0 Å². The number of Topliss-reactive ketones (excluding diaryl/α,β-unsaturated/α-hetero) is 1. The van der Waals surface area contributed by atoms with E-state index >= 15 is 0 Å². The lowest BCUT2D eigenvalue weighted by Crippen LogP contribution is -2.61. The molecule has 1 aromatic heterocycles. The Bertz CT molecular complexity index is 1750. The molecule has 0 bridgehead atoms. The molecular formula is C40H64N10O14. The Labute approximate surface area is 370 Å². The van der Waals surface area contributed by atoms with Crippen LogP contribution in [0.1, 0.15) is 142 Å². The van der Waals surface area contributed by atoms with Gasteiger partial charge in [-0.15, -0.1) is 15.7 Å². The highest BCUT2D eigenvalue weighted by molar-refractivity contribution is 6.00. The van der Waals surface area contributed by atoms with Crippen LogP contribution in [0.2, 0.25) is 0 Å². The highest BCUT2D eigenvalue weighted by atomic mass is 16.7. The van der Waals surface area contributed by atoms with Gasteiger partial charge in [-0.2, -0.15) is 5.21 Å². The van der Waals surface area contributed by atoms with Crippen molar-refractivity contribution in [3.63, 3.8) is 0 Å². The van der Waals surface area contributed by atoms with E-state index in [0.29, 0.717) is 12.8 Å². The Hall–Kier alpha value is -6.07. The first-order valence-corrected chi connectivity index (χ1v) is 21.7. The lowest BCUT2D eigenvalue weighted by atomic mass is 9.84. The summed E-state index contributed by atoms with van der Waals surface area (Å²) in [6, 6.07) is -8.18. The summed E-state index contributed by atoms with van der Waals surface area (Å²) in [6.45, 7) is 8.82. The molecule has 1 aromatic rings. The number of rotatable bonds is 30. The number of ketones is 1. The molecule has 0 aliphatic heterocycles. The zero-order valence-electron chi connectivity index (χ0n) is 37.0. The standard InChI is InChI=1S/C40H64N10O14/c1-6-11-24(34(58)35-46-49-50-47-35)41-37(60)27(19-23-12-9-8-10-13-23)44-40(63)33(22(5)7-2)45-38(61)26(18-21(3)4)43-36(59)25(14-15-29(51)52)42-39(62)28(20-31(55)56)48-64-32(57)17-16-30(53)54/h21-28,33,48H,6-20H2,1-5H3,(H,41,60)(H,42,62)(H,43,59)(H,44,63)(H,45,61)(H,51,52)(H,53,54)(H,55,56)(H,46,47,49,50)/t22-,24?,25-,26+,27+,28+,33+/m1/s1. The Kier molecular flexibility index (Phi) is 23.5. The molecule has 1 saturated carbocycles. The number of nitrogens with zero attached hydrogens (tertiary/aromatic N) is 3. The maximum absolute atomic E-state index is 14.2. The molecule has 0 aromatic carbocycles. The molecule has 24 heteroatoms. The maximum Gasteiger partial charge on any atom is 0.325 e. The van der Waals surface area contributed by atoms with Gasteiger partial charge in [-0.1, -0.05) is 79.6 Å². The first kappa shape index (κ1) is 54.1. The summed E-state index contributed by atoms with van der Waals surface area (Å²) < 4.78 is 0. The number of carbonyl (C=O) groups excluding carboxylic acids is 7. The molecule has 7 atom stereocenters. The second kappa shape index (κ2) is 27.9. The van der Waals surface area contributed by atoms with E-state index in [4.69, 9.17) is 5.11 Å². The minimum atomic E-state index is -1.82. The first-order valence-electron chi connectivity index (χ1n) is 21.7. The predicted molar refractivity (Wildman–Crippen MR) is 222 cm³/mol. The van der Waals surface area contributed by atoms with Crippen LogP contribution in [0.15, 0.2) is 0 Å². The van der Waals surface area contributed by atoms with Crippen LogP contribution in [-0.4, -0.2) is 131 Å². The van der Waals surface area contributed by atoms with Gasteiger partial charge in [-0.3, -0.25) is 47.9 Å². The summed E-state index contributed by atoms with van der Waals surface area (Å²) in [7, 11) is 0. The van der Waals surface area contributed by atoms with Gasteiger partial charge in [-0.25, -0.2) is 0 Å². The molecule has 5 amide bonds. The number of carboxylic acids is 3. The molecule has 1 unspecified atom stereocenters. The molecule has 1 fully saturated rings. The number of hydrogen-bond donors (Lipinski definition) is 10. The number of H-pyrrole nitrogens is 1. The van der Waals surface area contributed by atoms with Crippen molar-refractivity contribution in [3.05, 3.63) is 5.82 Å². The lowest BCUT2D eigenvalue weighted by Gasteiger charge is -2.31. The molecule has 1 aliphatic carbocycles. The van der Waals surface area contributed by atoms with Crippen molar-refractivity contribution < 1.29 is 68.1 Å². The third-order valence-corrected chi connectivity index (χ3v) is 10.7. The number of hydroxylamine groups is 1. The molecule has 64 heavy (non-hydrogen) atoms. The molecule has 0 radical (unpaired) electrons. The van der Waals surface area contributed by atoms with Crippen molar-refractivity contribution >= 4 is 59.2 Å². The molecule has 0 saturated heterocycles. The number of amides is 5. The van der Waals surface area contributed by atoms with Gasteiger partial charge in [0.1, 0.15) is 30.2 Å². The van der Waals surface area contributed by atoms with Crippen molar-refractivity contribution in [2.75, 3.05) is 0 Å². The number of carbonyl (C=O) groups is 10. The summed E-state index contributed by atoms with van der Waals surface area (Å²) in [5.41, 5.74) is 1.95. The molecule has 2 rings (SSSR count). The van der Waals surface area contributed by atoms with Gasteiger partial charge in [0, 0.05) is 6.42 Å². The van der Waals surface area contributed by atoms with Gasteiger partial charge < -0.3 is 46.7 Å². The maximum atomic E-state index is 14.2. The van der Waals surface area contributed by atoms with Crippen LogP contribution in [0.4, 0.5) is 0 Å². The molecule has 10 N–H and O–H groups in total. The quantitative estimate of drug-likeness (QED) is 0.0366. The van der Waals surface area contributed by atoms with Crippen molar-refractivity contribution in [1.82, 2.24) is 52.7 Å². The Balaban J connectivity index is 2.36. The Morgan fingerprint density at radius 1 is 0.672 bits per heavy atom. The van der Waals surface area contributed by atoms with E-state index in [1.165, 1.54) is 0 Å². The molecule has 24 nitrogen and oxygen atoms in total. The Morgan fingerprint density at radius 3 is 1.81 bits per heavy atom. The summed E-state index contributed by atoms with van der Waals surface area (Å²) >= 11 is 0. The van der Waals surface area contributed by atoms with Gasteiger partial charge in [0.15, 0.2) is 0 Å². The number of tetrazole rings is 1. The lowest BCUT2D eigenvalue weighted by molar-refractivity contribution is -0.159. The van der Waals surface area contributed by atoms with E-state index in [1.54, 1.807) is 27.7 Å². The summed E-state index contributed by atoms with van der Waals surface area (Å²) in [6.07, 6.45) is 2.62. The number of nitrogens with one attached hydrogen (secondary N) is 7. The fourth-order valence-electron chi connectivity index (χ4n) is 7.00. The zero-order valence-corrected chi connectivity index (χ0v) is 37.0. The largest absolute Gasteiger partial charge is 0.481 e. The van der Waals surface area contributed by atoms with Crippen LogP contribution in [0, 0.1) is 17.8 Å². The average molecular weight is 909 g/mol. The zero-order chi connectivity index (χ0) is 47.9. The number of aliphatic carboxylic acids is 3. The number of hydrogen-bond acceptors (Lipinski definition) is 15. The molecule has 1 aliphatic rings. The normalized spacial score (nSPS) is 16.1. The summed E-state index contributed by atoms with van der Waals surface area (Å²) in [5.74, 6) is -11.1. The third-order valence-electron chi connectivity index (χ3n) is 10.7. The van der Waals surface area contributed by atoms with Crippen LogP contribution in [0.25, 0.3) is 0 Å². The van der Waals surface area contributed by atoms with Crippen LogP contribution in [-0.2, 0) is 48.0 Å². The topological polar surface area (TPSA) is 367 Å². The third kappa shape index (κ3) is 19.5. The molecular weight excluding hydrogens is 844 g/mol. The minimum absolute atomic E-state index is 0.00143. The molecule has 0 spiro atoms. The number of aromatic nitrogens is 4. The van der Waals surface area contributed by atoms with Gasteiger partial charge in [0.25, 0.3) is 0 Å². The van der Waals surface area contributed by atoms with Gasteiger partial charge >= 0.3 is 23.9 Å². The molecule has 358 valence electrons. The predicted octanol–water partition coefficient (Wildman–Crippen LogP) is 0.290. The van der Waals surface area contributed by atoms with E-state index in [2.05, 4.69) is 52.0 Å². The first-order chi connectivity index (χ1) is 30.2. The molecule has 1 heterocycles. The monoisotopic (exact) mass is 908 g/mol. The smallest absolute Gasteiger partial charge is 0.325 e. The minimum Gasteiger partial charge on any atom is -0.481 e. The highest BCUT2D eigenvalue weighted by Crippen LogP contribution is 2.28. The second-order valence-corrected chi connectivity index (χ2v) is 16.4. The Morgan fingerprint density at radius 2 is 1.25 bits per heavy atom. The summed E-state index contributed by atoms with van der Waals surface area (Å²) in [5, 5.41) is 53.8. The van der Waals surface area contributed by atoms with Gasteiger partial charge in [0.2, 0.25) is 41.1 Å². The van der Waals surface area contributed by atoms with Gasteiger partial charge in [-0.05, 0) is 48.7 Å². The highest BCUT2D eigenvalue weighted by Gasteiger charge is 2.37. The summed E-state index contributed by atoms with van der Waals surface area (Å²) in [4.78, 5) is 133. The van der Waals surface area contributed by atoms with E-state index in [1.807, 2.05) is 12.4 Å². The van der Waals surface area contributed by atoms with E-state index in [9.17, 15) is 58.2 Å². The van der Waals surface area contributed by atoms with E-state index in [0.717, 1.165) is 32.1 Å². The van der Waals surface area contributed by atoms with Crippen molar-refractivity contribution in [2.45, 2.75) is 167 Å². The van der Waals surface area contributed by atoms with Gasteiger partial charge in [0.05, 0.1) is 25.3 Å². The number of carboxylic acid groups (broad SMARTS) is 3. The average Bonchev–Trinajstić information content (AvgIpc) is 3.79. The fraction of sp³-hybridized carbons (Fsp3) is 0.725. The van der Waals surface area contributed by atoms with Crippen LogP contribution in [0.5, 0.6) is 0 Å². The number of aromatic amines is 1. The van der Waals surface area contributed by atoms with Crippen molar-refractivity contribution in [1.29, 1.82) is 0 Å². The van der Waals surface area contributed by atoms with E-state index < -0.39 is 133 Å². The van der Waals surface area contributed by atoms with Crippen molar-refractivity contribution in [3.8, 4) is 0 Å². The SMILES string of the molecule is CCCC(NC(=O)[C@H](CC1CCCCC1)NC(=O)[C@@H](NC(=O)[C@H](CC(C)C)NC(=O)[C@@H](CCC(=O)O)NC(=O)[C@H](CC(=O)O)NOC(=O)CCC(=O)O)[C@H](C)CC)C(=O)c1nn[nH]n1. The fourth-order valence-corrected chi connectivity index (χ4v) is 7.00. The second-order valence-electron chi connectivity index (χ2n) is 16.4.